The third kappa shape index (κ3) is 3.84. The molecular formula is C17H27BrN2. The minimum Gasteiger partial charge on any atom is -0.330 e. The Morgan fingerprint density at radius 1 is 1.30 bits per heavy atom. The molecule has 2 atom stereocenters. The third-order valence-corrected chi connectivity index (χ3v) is 5.37. The molecule has 2 unspecified atom stereocenters. The second kappa shape index (κ2) is 7.58. The summed E-state index contributed by atoms with van der Waals surface area (Å²) in [5.74, 6) is 0.674. The van der Waals surface area contributed by atoms with Gasteiger partial charge in [0.15, 0.2) is 0 Å². The van der Waals surface area contributed by atoms with Crippen molar-refractivity contribution in [2.24, 2.45) is 11.7 Å². The molecule has 1 aliphatic rings. The Morgan fingerprint density at radius 3 is 2.70 bits per heavy atom. The number of halogens is 1. The van der Waals surface area contributed by atoms with Crippen LogP contribution < -0.4 is 5.73 Å². The fourth-order valence-corrected chi connectivity index (χ4v) is 4.03. The van der Waals surface area contributed by atoms with Crippen molar-refractivity contribution in [2.75, 3.05) is 13.1 Å². The zero-order chi connectivity index (χ0) is 14.5. The molecule has 112 valence electrons. The highest BCUT2D eigenvalue weighted by atomic mass is 79.9. The fourth-order valence-electron chi connectivity index (χ4n) is 3.41. The molecule has 0 amide bonds. The summed E-state index contributed by atoms with van der Waals surface area (Å²) in [6.07, 6.45) is 5.31. The van der Waals surface area contributed by atoms with Crippen LogP contribution in [-0.4, -0.2) is 24.0 Å². The molecule has 1 aromatic carbocycles. The Bertz CT molecular complexity index is 433. The first kappa shape index (κ1) is 16.0. The smallest absolute Gasteiger partial charge is 0.0247 e. The standard InChI is InChI=1S/C17H27BrN2/c1-3-20(17-7-5-4-6-14(17)11-19)12-15-9-8-13(2)10-16(15)18/h8-10,14,17H,3-7,11-12,19H2,1-2H3. The van der Waals surface area contributed by atoms with Crippen LogP contribution in [-0.2, 0) is 6.54 Å². The van der Waals surface area contributed by atoms with Crippen LogP contribution in [0.5, 0.6) is 0 Å². The number of nitrogens with two attached hydrogens (primary N) is 1. The lowest BCUT2D eigenvalue weighted by atomic mass is 9.83. The first-order valence-corrected chi connectivity index (χ1v) is 8.64. The minimum atomic E-state index is 0.659. The van der Waals surface area contributed by atoms with Gasteiger partial charge in [0.1, 0.15) is 0 Å². The van der Waals surface area contributed by atoms with Gasteiger partial charge in [-0.15, -0.1) is 0 Å². The third-order valence-electron chi connectivity index (χ3n) is 4.63. The summed E-state index contributed by atoms with van der Waals surface area (Å²) in [6, 6.07) is 7.33. The van der Waals surface area contributed by atoms with Gasteiger partial charge >= 0.3 is 0 Å². The van der Waals surface area contributed by atoms with Crippen LogP contribution in [0.3, 0.4) is 0 Å². The molecule has 2 N–H and O–H groups in total. The van der Waals surface area contributed by atoms with Gasteiger partial charge in [0, 0.05) is 17.1 Å². The number of aryl methyl sites for hydroxylation is 1. The van der Waals surface area contributed by atoms with E-state index in [1.165, 1.54) is 41.3 Å². The highest BCUT2D eigenvalue weighted by Gasteiger charge is 2.28. The van der Waals surface area contributed by atoms with E-state index in [1.807, 2.05) is 0 Å². The van der Waals surface area contributed by atoms with E-state index in [4.69, 9.17) is 5.73 Å². The highest BCUT2D eigenvalue weighted by Crippen LogP contribution is 2.30. The summed E-state index contributed by atoms with van der Waals surface area (Å²) < 4.78 is 1.23. The van der Waals surface area contributed by atoms with Crippen molar-refractivity contribution in [1.29, 1.82) is 0 Å². The van der Waals surface area contributed by atoms with Gasteiger partial charge < -0.3 is 5.73 Å². The Balaban J connectivity index is 2.11. The van der Waals surface area contributed by atoms with Gasteiger partial charge in [0.25, 0.3) is 0 Å². The van der Waals surface area contributed by atoms with Crippen LogP contribution in [0.15, 0.2) is 22.7 Å². The van der Waals surface area contributed by atoms with Crippen LogP contribution >= 0.6 is 15.9 Å². The maximum Gasteiger partial charge on any atom is 0.0247 e. The van der Waals surface area contributed by atoms with Crippen molar-refractivity contribution in [1.82, 2.24) is 4.90 Å². The molecule has 1 aromatic rings. The molecular weight excluding hydrogens is 312 g/mol. The molecule has 1 saturated carbocycles. The van der Waals surface area contributed by atoms with Gasteiger partial charge in [-0.1, -0.05) is 47.8 Å². The monoisotopic (exact) mass is 338 g/mol. The van der Waals surface area contributed by atoms with Gasteiger partial charge in [-0.05, 0) is 56.0 Å². The molecule has 0 aliphatic heterocycles. The topological polar surface area (TPSA) is 29.3 Å². The highest BCUT2D eigenvalue weighted by molar-refractivity contribution is 9.10. The van der Waals surface area contributed by atoms with E-state index in [0.29, 0.717) is 12.0 Å². The van der Waals surface area contributed by atoms with Gasteiger partial charge in [0.2, 0.25) is 0 Å². The van der Waals surface area contributed by atoms with E-state index in [9.17, 15) is 0 Å². The molecule has 1 aliphatic carbocycles. The Kier molecular flexibility index (Phi) is 6.06. The molecule has 0 aromatic heterocycles. The number of hydrogen-bond acceptors (Lipinski definition) is 2. The maximum absolute atomic E-state index is 5.99. The molecule has 0 bridgehead atoms. The van der Waals surface area contributed by atoms with E-state index in [-0.39, 0.29) is 0 Å². The maximum atomic E-state index is 5.99. The van der Waals surface area contributed by atoms with E-state index in [1.54, 1.807) is 0 Å². The predicted molar refractivity (Wildman–Crippen MR) is 89.8 cm³/mol. The lowest BCUT2D eigenvalue weighted by Gasteiger charge is -2.39. The Morgan fingerprint density at radius 2 is 2.05 bits per heavy atom. The fraction of sp³-hybridized carbons (Fsp3) is 0.647. The van der Waals surface area contributed by atoms with E-state index in [0.717, 1.165) is 19.6 Å². The average Bonchev–Trinajstić information content (AvgIpc) is 2.46. The first-order chi connectivity index (χ1) is 9.65. The number of nitrogens with zero attached hydrogens (tertiary/aromatic N) is 1. The molecule has 2 nitrogen and oxygen atoms in total. The van der Waals surface area contributed by atoms with Crippen LogP contribution in [0.4, 0.5) is 0 Å². The molecule has 0 saturated heterocycles. The Labute approximate surface area is 131 Å². The van der Waals surface area contributed by atoms with E-state index >= 15 is 0 Å². The molecule has 2 rings (SSSR count). The van der Waals surface area contributed by atoms with Crippen molar-refractivity contribution in [3.63, 3.8) is 0 Å². The van der Waals surface area contributed by atoms with Gasteiger partial charge in [-0.2, -0.15) is 0 Å². The van der Waals surface area contributed by atoms with Crippen molar-refractivity contribution < 1.29 is 0 Å². The average molecular weight is 339 g/mol. The molecule has 0 radical (unpaired) electrons. The van der Waals surface area contributed by atoms with Gasteiger partial charge in [-0.25, -0.2) is 0 Å². The van der Waals surface area contributed by atoms with E-state index < -0.39 is 0 Å². The number of benzene rings is 1. The van der Waals surface area contributed by atoms with Crippen LogP contribution in [0.1, 0.15) is 43.7 Å². The van der Waals surface area contributed by atoms with Crippen molar-refractivity contribution in [3.05, 3.63) is 33.8 Å². The number of rotatable bonds is 5. The zero-order valence-electron chi connectivity index (χ0n) is 12.7. The SMILES string of the molecule is CCN(Cc1ccc(C)cc1Br)C1CCCCC1CN. The largest absolute Gasteiger partial charge is 0.330 e. The summed E-state index contributed by atoms with van der Waals surface area (Å²) in [4.78, 5) is 2.62. The first-order valence-electron chi connectivity index (χ1n) is 7.84. The van der Waals surface area contributed by atoms with E-state index in [2.05, 4.69) is 52.9 Å². The summed E-state index contributed by atoms with van der Waals surface area (Å²) >= 11 is 3.71. The van der Waals surface area contributed by atoms with Crippen molar-refractivity contribution in [3.8, 4) is 0 Å². The summed E-state index contributed by atoms with van der Waals surface area (Å²) in [6.45, 7) is 7.36. The normalized spacial score (nSPS) is 23.2. The second-order valence-corrected chi connectivity index (χ2v) is 6.86. The predicted octanol–water partition coefficient (Wildman–Crippen LogP) is 4.10. The molecule has 0 spiro atoms. The lowest BCUT2D eigenvalue weighted by molar-refractivity contribution is 0.105. The zero-order valence-corrected chi connectivity index (χ0v) is 14.3. The second-order valence-electron chi connectivity index (χ2n) is 6.01. The quantitative estimate of drug-likeness (QED) is 0.875. The summed E-state index contributed by atoms with van der Waals surface area (Å²) in [5.41, 5.74) is 8.69. The molecule has 3 heteroatoms. The van der Waals surface area contributed by atoms with Crippen molar-refractivity contribution in [2.45, 2.75) is 52.1 Å². The van der Waals surface area contributed by atoms with Crippen molar-refractivity contribution >= 4 is 15.9 Å². The van der Waals surface area contributed by atoms with Gasteiger partial charge in [0.05, 0.1) is 0 Å². The van der Waals surface area contributed by atoms with Crippen LogP contribution in [0, 0.1) is 12.8 Å². The minimum absolute atomic E-state index is 0.659. The summed E-state index contributed by atoms with van der Waals surface area (Å²) in [5, 5.41) is 0. The number of hydrogen-bond donors (Lipinski definition) is 1. The Hall–Kier alpha value is -0.380. The van der Waals surface area contributed by atoms with Crippen LogP contribution in [0.2, 0.25) is 0 Å². The van der Waals surface area contributed by atoms with Gasteiger partial charge in [-0.3, -0.25) is 4.90 Å². The summed E-state index contributed by atoms with van der Waals surface area (Å²) in [7, 11) is 0. The van der Waals surface area contributed by atoms with Crippen LogP contribution in [0.25, 0.3) is 0 Å². The lowest BCUT2D eigenvalue weighted by Crippen LogP contribution is -2.44. The molecule has 1 fully saturated rings. The molecule has 0 heterocycles. The molecule has 20 heavy (non-hydrogen) atoms.